The summed E-state index contributed by atoms with van der Waals surface area (Å²) >= 11 is 0. The van der Waals surface area contributed by atoms with Crippen LogP contribution in [-0.4, -0.2) is 42.0 Å². The molecule has 5 nitrogen and oxygen atoms in total. The molecule has 0 saturated heterocycles. The fraction of sp³-hybridized carbons (Fsp3) is 0.429. The molecule has 104 valence electrons. The molecule has 0 aromatic heterocycles. The number of benzene rings is 1. The van der Waals surface area contributed by atoms with E-state index in [4.69, 9.17) is 0 Å². The van der Waals surface area contributed by atoms with Gasteiger partial charge >= 0.3 is 0 Å². The van der Waals surface area contributed by atoms with Gasteiger partial charge < -0.3 is 15.3 Å². The molecule has 0 unspecified atom stereocenters. The summed E-state index contributed by atoms with van der Waals surface area (Å²) in [5.74, 6) is -0.240. The summed E-state index contributed by atoms with van der Waals surface area (Å²) in [4.78, 5) is 25.2. The maximum absolute atomic E-state index is 12.3. The van der Waals surface area contributed by atoms with E-state index in [1.54, 1.807) is 26.1 Å². The van der Waals surface area contributed by atoms with Crippen LogP contribution < -0.4 is 5.32 Å². The molecule has 0 aliphatic rings. The molecule has 1 aromatic rings. The van der Waals surface area contributed by atoms with E-state index in [0.717, 1.165) is 6.42 Å². The molecule has 0 aliphatic carbocycles. The van der Waals surface area contributed by atoms with Crippen LogP contribution >= 0.6 is 0 Å². The molecule has 1 rings (SSSR count). The van der Waals surface area contributed by atoms with E-state index in [1.807, 2.05) is 6.92 Å². The molecule has 5 heteroatoms. The van der Waals surface area contributed by atoms with E-state index in [1.165, 1.54) is 11.0 Å². The number of phenolic OH excluding ortho intramolecular Hbond substituents is 1. The van der Waals surface area contributed by atoms with Gasteiger partial charge in [-0.3, -0.25) is 9.59 Å². The zero-order valence-corrected chi connectivity index (χ0v) is 11.6. The summed E-state index contributed by atoms with van der Waals surface area (Å²) in [5, 5.41) is 12.0. The standard InChI is InChI=1S/C14H20N2O3/c1-4-7-16(9-13(18)15-3)14(19)11-5-6-12(17)10(2)8-11/h5-6,8,17H,4,7,9H2,1-3H3,(H,15,18). The minimum Gasteiger partial charge on any atom is -0.508 e. The van der Waals surface area contributed by atoms with Gasteiger partial charge in [-0.1, -0.05) is 6.92 Å². The number of phenols is 1. The van der Waals surface area contributed by atoms with Crippen LogP contribution in [0.25, 0.3) is 0 Å². The second-order valence-corrected chi connectivity index (χ2v) is 4.40. The van der Waals surface area contributed by atoms with E-state index in [9.17, 15) is 14.7 Å². The van der Waals surface area contributed by atoms with Crippen molar-refractivity contribution in [2.24, 2.45) is 0 Å². The topological polar surface area (TPSA) is 69.6 Å². The van der Waals surface area contributed by atoms with Crippen molar-refractivity contribution in [2.75, 3.05) is 20.1 Å². The number of hydrogen-bond donors (Lipinski definition) is 2. The maximum Gasteiger partial charge on any atom is 0.254 e. The maximum atomic E-state index is 12.3. The van der Waals surface area contributed by atoms with Crippen LogP contribution in [0.4, 0.5) is 0 Å². The highest BCUT2D eigenvalue weighted by molar-refractivity contribution is 5.96. The van der Waals surface area contributed by atoms with Crippen LogP contribution in [0.3, 0.4) is 0 Å². The highest BCUT2D eigenvalue weighted by Gasteiger charge is 2.18. The summed E-state index contributed by atoms with van der Waals surface area (Å²) in [6, 6.07) is 4.69. The van der Waals surface area contributed by atoms with Gasteiger partial charge in [0.05, 0.1) is 6.54 Å². The first-order valence-corrected chi connectivity index (χ1v) is 6.29. The molecule has 19 heavy (non-hydrogen) atoms. The van der Waals surface area contributed by atoms with Crippen molar-refractivity contribution in [3.63, 3.8) is 0 Å². The summed E-state index contributed by atoms with van der Waals surface area (Å²) < 4.78 is 0. The first kappa shape index (κ1) is 15.0. The van der Waals surface area contributed by atoms with Gasteiger partial charge in [-0.05, 0) is 37.1 Å². The Labute approximate surface area is 113 Å². The van der Waals surface area contributed by atoms with Gasteiger partial charge in [0.1, 0.15) is 5.75 Å². The molecule has 0 fully saturated rings. The fourth-order valence-corrected chi connectivity index (χ4v) is 1.75. The van der Waals surface area contributed by atoms with Gasteiger partial charge in [-0.2, -0.15) is 0 Å². The SMILES string of the molecule is CCCN(CC(=O)NC)C(=O)c1ccc(O)c(C)c1. The van der Waals surface area contributed by atoms with Crippen LogP contribution in [0.5, 0.6) is 5.75 Å². The number of nitrogens with zero attached hydrogens (tertiary/aromatic N) is 1. The third kappa shape index (κ3) is 3.98. The quantitative estimate of drug-likeness (QED) is 0.842. The Morgan fingerprint density at radius 1 is 1.37 bits per heavy atom. The van der Waals surface area contributed by atoms with Crippen molar-refractivity contribution in [3.05, 3.63) is 29.3 Å². The Morgan fingerprint density at radius 3 is 2.58 bits per heavy atom. The third-order valence-corrected chi connectivity index (χ3v) is 2.84. The number of aryl methyl sites for hydroxylation is 1. The summed E-state index contributed by atoms with van der Waals surface area (Å²) in [5.41, 5.74) is 1.12. The lowest BCUT2D eigenvalue weighted by molar-refractivity contribution is -0.121. The van der Waals surface area contributed by atoms with Gasteiger partial charge in [-0.15, -0.1) is 0 Å². The van der Waals surface area contributed by atoms with Gasteiger partial charge in [0.2, 0.25) is 5.91 Å². The Morgan fingerprint density at radius 2 is 2.05 bits per heavy atom. The van der Waals surface area contributed by atoms with E-state index in [2.05, 4.69) is 5.32 Å². The molecular formula is C14H20N2O3. The molecular weight excluding hydrogens is 244 g/mol. The van der Waals surface area contributed by atoms with E-state index in [0.29, 0.717) is 17.7 Å². The third-order valence-electron chi connectivity index (χ3n) is 2.84. The fourth-order valence-electron chi connectivity index (χ4n) is 1.75. The molecule has 0 saturated carbocycles. The Hall–Kier alpha value is -2.04. The van der Waals surface area contributed by atoms with Gasteiger partial charge in [-0.25, -0.2) is 0 Å². The average molecular weight is 264 g/mol. The molecule has 2 N–H and O–H groups in total. The van der Waals surface area contributed by atoms with Gasteiger partial charge in [0, 0.05) is 19.2 Å². The minimum absolute atomic E-state index is 0.0447. The molecule has 0 spiro atoms. The van der Waals surface area contributed by atoms with Crippen LogP contribution in [0.2, 0.25) is 0 Å². The van der Waals surface area contributed by atoms with E-state index < -0.39 is 0 Å². The Balaban J connectivity index is 2.91. The predicted octanol–water partition coefficient (Wildman–Crippen LogP) is 1.30. The number of carbonyl (C=O) groups is 2. The zero-order valence-electron chi connectivity index (χ0n) is 11.6. The first-order chi connectivity index (χ1) is 8.99. The van der Waals surface area contributed by atoms with Crippen molar-refractivity contribution in [1.82, 2.24) is 10.2 Å². The van der Waals surface area contributed by atoms with E-state index in [-0.39, 0.29) is 24.1 Å². The number of nitrogens with one attached hydrogen (secondary N) is 1. The number of likely N-dealkylation sites (N-methyl/N-ethyl adjacent to an activating group) is 1. The number of amides is 2. The smallest absolute Gasteiger partial charge is 0.254 e. The molecule has 0 bridgehead atoms. The number of carbonyl (C=O) groups excluding carboxylic acids is 2. The van der Waals surface area contributed by atoms with Crippen molar-refractivity contribution >= 4 is 11.8 Å². The minimum atomic E-state index is -0.200. The molecule has 0 atom stereocenters. The largest absolute Gasteiger partial charge is 0.508 e. The zero-order chi connectivity index (χ0) is 14.4. The molecule has 0 heterocycles. The predicted molar refractivity (Wildman–Crippen MR) is 73.1 cm³/mol. The van der Waals surface area contributed by atoms with Gasteiger partial charge in [0.25, 0.3) is 5.91 Å². The second kappa shape index (κ2) is 6.78. The van der Waals surface area contributed by atoms with Gasteiger partial charge in [0.15, 0.2) is 0 Å². The Kier molecular flexibility index (Phi) is 5.36. The molecule has 1 aromatic carbocycles. The van der Waals surface area contributed by atoms with Crippen molar-refractivity contribution < 1.29 is 14.7 Å². The summed E-state index contributed by atoms with van der Waals surface area (Å²) in [6.07, 6.45) is 0.778. The summed E-state index contributed by atoms with van der Waals surface area (Å²) in [6.45, 7) is 4.25. The number of hydrogen-bond acceptors (Lipinski definition) is 3. The highest BCUT2D eigenvalue weighted by atomic mass is 16.3. The summed E-state index contributed by atoms with van der Waals surface area (Å²) in [7, 11) is 1.54. The molecule has 0 radical (unpaired) electrons. The number of aromatic hydroxyl groups is 1. The van der Waals surface area contributed by atoms with E-state index >= 15 is 0 Å². The second-order valence-electron chi connectivity index (χ2n) is 4.40. The van der Waals surface area contributed by atoms with Crippen LogP contribution in [0, 0.1) is 6.92 Å². The highest BCUT2D eigenvalue weighted by Crippen LogP contribution is 2.18. The number of rotatable bonds is 5. The average Bonchev–Trinajstić information content (AvgIpc) is 2.40. The van der Waals surface area contributed by atoms with Crippen LogP contribution in [0.1, 0.15) is 29.3 Å². The monoisotopic (exact) mass is 264 g/mol. The van der Waals surface area contributed by atoms with Crippen molar-refractivity contribution in [2.45, 2.75) is 20.3 Å². The lowest BCUT2D eigenvalue weighted by Gasteiger charge is -2.21. The lowest BCUT2D eigenvalue weighted by atomic mass is 10.1. The molecule has 2 amide bonds. The van der Waals surface area contributed by atoms with Crippen LogP contribution in [-0.2, 0) is 4.79 Å². The van der Waals surface area contributed by atoms with Crippen molar-refractivity contribution in [1.29, 1.82) is 0 Å². The van der Waals surface area contributed by atoms with Crippen molar-refractivity contribution in [3.8, 4) is 5.75 Å². The Bertz CT molecular complexity index is 472. The lowest BCUT2D eigenvalue weighted by Crippen LogP contribution is -2.40. The molecule has 0 aliphatic heterocycles. The van der Waals surface area contributed by atoms with Crippen LogP contribution in [0.15, 0.2) is 18.2 Å². The first-order valence-electron chi connectivity index (χ1n) is 6.29. The normalized spacial score (nSPS) is 10.1.